The molecule has 1 aliphatic rings. The van der Waals surface area contributed by atoms with Crippen molar-refractivity contribution in [2.24, 2.45) is 0 Å². The number of nitrogens with zero attached hydrogens (tertiary/aromatic N) is 1. The lowest BCUT2D eigenvalue weighted by Crippen LogP contribution is -2.37. The number of hydrogen-bond acceptors (Lipinski definition) is 3. The maximum absolute atomic E-state index is 13.4. The topological polar surface area (TPSA) is 48.3 Å². The molecule has 1 aromatic carbocycles. The van der Waals surface area contributed by atoms with Gasteiger partial charge in [0.15, 0.2) is 11.8 Å². The highest BCUT2D eigenvalue weighted by Crippen LogP contribution is 2.32. The number of rotatable bonds is 1. The molecule has 0 bridgehead atoms. The van der Waals surface area contributed by atoms with Gasteiger partial charge in [-0.15, -0.1) is 0 Å². The van der Waals surface area contributed by atoms with Gasteiger partial charge in [0, 0.05) is 23.0 Å². The zero-order chi connectivity index (χ0) is 16.1. The molecule has 5 heteroatoms. The number of ketones is 1. The van der Waals surface area contributed by atoms with Crippen LogP contribution in [0.3, 0.4) is 0 Å². The molecule has 0 amide bonds. The monoisotopic (exact) mass is 303 g/mol. The van der Waals surface area contributed by atoms with Gasteiger partial charge >= 0.3 is 5.97 Å². The highest BCUT2D eigenvalue weighted by Gasteiger charge is 2.37. The number of aromatic nitrogens is 1. The number of benzene rings is 1. The van der Waals surface area contributed by atoms with Crippen LogP contribution < -0.4 is 0 Å². The third-order valence-corrected chi connectivity index (χ3v) is 3.70. The van der Waals surface area contributed by atoms with E-state index in [4.69, 9.17) is 4.74 Å². The van der Waals surface area contributed by atoms with E-state index in [0.29, 0.717) is 23.7 Å². The quantitative estimate of drug-likeness (QED) is 0.600. The average molecular weight is 303 g/mol. The van der Waals surface area contributed by atoms with Gasteiger partial charge in [0.1, 0.15) is 11.4 Å². The number of aryl methyl sites for hydroxylation is 1. The molecular weight excluding hydrogens is 285 g/mol. The molecule has 2 aromatic rings. The molecule has 22 heavy (non-hydrogen) atoms. The maximum atomic E-state index is 13.4. The van der Waals surface area contributed by atoms with Crippen molar-refractivity contribution in [1.82, 2.24) is 4.57 Å². The summed E-state index contributed by atoms with van der Waals surface area (Å²) in [7, 11) is 0. The first-order valence-electron chi connectivity index (χ1n) is 7.31. The minimum absolute atomic E-state index is 0.163. The molecule has 2 heterocycles. The van der Waals surface area contributed by atoms with Gasteiger partial charge in [-0.2, -0.15) is 0 Å². The third kappa shape index (κ3) is 2.51. The summed E-state index contributed by atoms with van der Waals surface area (Å²) in [5.41, 5.74) is 0.876. The van der Waals surface area contributed by atoms with Crippen molar-refractivity contribution in [3.8, 4) is 0 Å². The number of halogens is 1. The molecular formula is C17H18FNO3. The van der Waals surface area contributed by atoms with Crippen LogP contribution in [0.4, 0.5) is 4.39 Å². The Hall–Kier alpha value is -2.17. The summed E-state index contributed by atoms with van der Waals surface area (Å²) in [5.74, 6) is -1.06. The third-order valence-electron chi connectivity index (χ3n) is 3.70. The SMILES string of the molecule is CC(C)(C)OC(=O)C1C(=O)CCc2cc3cc(F)ccc3n21. The second-order valence-electron chi connectivity index (χ2n) is 6.61. The Bertz CT molecular complexity index is 770. The summed E-state index contributed by atoms with van der Waals surface area (Å²) in [4.78, 5) is 24.8. The minimum Gasteiger partial charge on any atom is -0.458 e. The second kappa shape index (κ2) is 4.93. The highest BCUT2D eigenvalue weighted by atomic mass is 19.1. The van der Waals surface area contributed by atoms with Crippen LogP contribution in [0.15, 0.2) is 24.3 Å². The lowest BCUT2D eigenvalue weighted by molar-refractivity contribution is -0.161. The van der Waals surface area contributed by atoms with Crippen molar-refractivity contribution < 1.29 is 18.7 Å². The highest BCUT2D eigenvalue weighted by molar-refractivity contribution is 6.04. The van der Waals surface area contributed by atoms with Crippen molar-refractivity contribution in [2.45, 2.75) is 45.3 Å². The van der Waals surface area contributed by atoms with E-state index in [0.717, 1.165) is 5.69 Å². The fraction of sp³-hybridized carbons (Fsp3) is 0.412. The van der Waals surface area contributed by atoms with Gasteiger partial charge in [0.25, 0.3) is 0 Å². The second-order valence-corrected chi connectivity index (χ2v) is 6.61. The van der Waals surface area contributed by atoms with Crippen molar-refractivity contribution in [1.29, 1.82) is 0 Å². The first-order chi connectivity index (χ1) is 10.3. The molecule has 0 N–H and O–H groups in total. The number of fused-ring (bicyclic) bond motifs is 3. The van der Waals surface area contributed by atoms with E-state index in [1.807, 2.05) is 6.07 Å². The molecule has 3 rings (SSSR count). The molecule has 0 aliphatic carbocycles. The van der Waals surface area contributed by atoms with Crippen LogP contribution in [0.5, 0.6) is 0 Å². The van der Waals surface area contributed by atoms with Crippen molar-refractivity contribution in [3.63, 3.8) is 0 Å². The van der Waals surface area contributed by atoms with E-state index in [-0.39, 0.29) is 11.6 Å². The number of hydrogen-bond donors (Lipinski definition) is 0. The first kappa shape index (κ1) is 14.8. The van der Waals surface area contributed by atoms with Crippen LogP contribution in [-0.4, -0.2) is 21.9 Å². The number of carbonyl (C=O) groups is 2. The van der Waals surface area contributed by atoms with Crippen LogP contribution in [0.2, 0.25) is 0 Å². The largest absolute Gasteiger partial charge is 0.458 e. The molecule has 1 atom stereocenters. The summed E-state index contributed by atoms with van der Waals surface area (Å²) in [6.45, 7) is 5.30. The van der Waals surface area contributed by atoms with E-state index in [1.54, 1.807) is 31.4 Å². The van der Waals surface area contributed by atoms with Crippen LogP contribution in [0, 0.1) is 5.82 Å². The van der Waals surface area contributed by atoms with E-state index in [1.165, 1.54) is 12.1 Å². The lowest BCUT2D eigenvalue weighted by Gasteiger charge is -2.28. The van der Waals surface area contributed by atoms with E-state index < -0.39 is 17.6 Å². The van der Waals surface area contributed by atoms with E-state index >= 15 is 0 Å². The molecule has 1 aliphatic heterocycles. The van der Waals surface area contributed by atoms with Gasteiger partial charge in [-0.05, 0) is 51.5 Å². The van der Waals surface area contributed by atoms with Gasteiger partial charge in [-0.1, -0.05) is 0 Å². The van der Waals surface area contributed by atoms with Gasteiger partial charge in [0.05, 0.1) is 0 Å². The summed E-state index contributed by atoms with van der Waals surface area (Å²) < 4.78 is 20.5. The van der Waals surface area contributed by atoms with Gasteiger partial charge in [-0.25, -0.2) is 9.18 Å². The first-order valence-corrected chi connectivity index (χ1v) is 7.31. The Morgan fingerprint density at radius 1 is 1.27 bits per heavy atom. The molecule has 0 saturated heterocycles. The average Bonchev–Trinajstić information content (AvgIpc) is 2.73. The van der Waals surface area contributed by atoms with Crippen molar-refractivity contribution >= 4 is 22.7 Å². The van der Waals surface area contributed by atoms with E-state index in [2.05, 4.69) is 0 Å². The predicted molar refractivity (Wildman–Crippen MR) is 80.1 cm³/mol. The molecule has 0 fully saturated rings. The smallest absolute Gasteiger partial charge is 0.337 e. The Morgan fingerprint density at radius 3 is 2.68 bits per heavy atom. The Labute approximate surface area is 127 Å². The van der Waals surface area contributed by atoms with Crippen LogP contribution in [0.1, 0.15) is 38.9 Å². The van der Waals surface area contributed by atoms with Crippen molar-refractivity contribution in [2.75, 3.05) is 0 Å². The summed E-state index contributed by atoms with van der Waals surface area (Å²) >= 11 is 0. The maximum Gasteiger partial charge on any atom is 0.337 e. The lowest BCUT2D eigenvalue weighted by atomic mass is 10.0. The summed E-state index contributed by atoms with van der Waals surface area (Å²) in [6, 6.07) is 5.20. The molecule has 1 aromatic heterocycles. The number of carbonyl (C=O) groups excluding carboxylic acids is 2. The van der Waals surface area contributed by atoms with Crippen LogP contribution in [0.25, 0.3) is 10.9 Å². The summed E-state index contributed by atoms with van der Waals surface area (Å²) in [5, 5.41) is 0.693. The van der Waals surface area contributed by atoms with Gasteiger partial charge in [-0.3, -0.25) is 4.79 Å². The van der Waals surface area contributed by atoms with Crippen molar-refractivity contribution in [3.05, 3.63) is 35.8 Å². The number of Topliss-reactive ketones (excluding diaryl/α,β-unsaturated/α-hetero) is 1. The zero-order valence-corrected chi connectivity index (χ0v) is 12.9. The molecule has 0 saturated carbocycles. The van der Waals surface area contributed by atoms with Crippen LogP contribution >= 0.6 is 0 Å². The fourth-order valence-electron chi connectivity index (χ4n) is 2.89. The molecule has 0 radical (unpaired) electrons. The Balaban J connectivity index is 2.12. The fourth-order valence-corrected chi connectivity index (χ4v) is 2.89. The molecule has 4 nitrogen and oxygen atoms in total. The zero-order valence-electron chi connectivity index (χ0n) is 12.9. The summed E-state index contributed by atoms with van der Waals surface area (Å²) in [6.07, 6.45) is 0.844. The predicted octanol–water partition coefficient (Wildman–Crippen LogP) is 3.18. The molecule has 1 unspecified atom stereocenters. The molecule has 116 valence electrons. The number of esters is 1. The standard InChI is InChI=1S/C17H18FNO3/c1-17(2,3)22-16(21)15-14(20)7-5-12-9-10-8-11(18)4-6-13(10)19(12)15/h4,6,8-9,15H,5,7H2,1-3H3. The van der Waals surface area contributed by atoms with Crippen LogP contribution in [-0.2, 0) is 20.7 Å². The van der Waals surface area contributed by atoms with E-state index in [9.17, 15) is 14.0 Å². The van der Waals surface area contributed by atoms with Gasteiger partial charge < -0.3 is 9.30 Å². The molecule has 0 spiro atoms. The Kier molecular flexibility index (Phi) is 3.31. The van der Waals surface area contributed by atoms with Gasteiger partial charge in [0.2, 0.25) is 0 Å². The minimum atomic E-state index is -0.981. The Morgan fingerprint density at radius 2 is 2.00 bits per heavy atom. The number of ether oxygens (including phenoxy) is 1. The normalized spacial score (nSPS) is 18.4.